The molecule has 5 nitrogen and oxygen atoms in total. The number of nitrogens with one attached hydrogen (secondary N) is 2. The van der Waals surface area contributed by atoms with Gasteiger partial charge < -0.3 is 20.3 Å². The minimum Gasteiger partial charge on any atom is -0.492 e. The Bertz CT molecular complexity index is 677. The molecule has 0 aliphatic carbocycles. The molecule has 0 amide bonds. The molecule has 6 heteroatoms. The first kappa shape index (κ1) is 23.2. The fourth-order valence-electron chi connectivity index (χ4n) is 2.56. The van der Waals surface area contributed by atoms with Crippen LogP contribution in [0.1, 0.15) is 18.1 Å². The van der Waals surface area contributed by atoms with Gasteiger partial charge in [0.25, 0.3) is 0 Å². The van der Waals surface area contributed by atoms with E-state index in [4.69, 9.17) is 4.74 Å². The van der Waals surface area contributed by atoms with Crippen molar-refractivity contribution in [2.75, 3.05) is 33.8 Å². The maximum absolute atomic E-state index is 5.70. The van der Waals surface area contributed by atoms with Gasteiger partial charge in [-0.15, -0.1) is 24.0 Å². The molecule has 2 aromatic carbocycles. The van der Waals surface area contributed by atoms with Crippen molar-refractivity contribution in [3.05, 3.63) is 65.7 Å². The first-order valence-corrected chi connectivity index (χ1v) is 9.10. The van der Waals surface area contributed by atoms with Crippen molar-refractivity contribution >= 4 is 29.9 Å². The van der Waals surface area contributed by atoms with Crippen LogP contribution in [0, 0.1) is 0 Å². The molecule has 2 rings (SSSR count). The van der Waals surface area contributed by atoms with E-state index >= 15 is 0 Å². The van der Waals surface area contributed by atoms with Crippen LogP contribution < -0.4 is 15.4 Å². The summed E-state index contributed by atoms with van der Waals surface area (Å²) in [6.07, 6.45) is 0. The van der Waals surface area contributed by atoms with Crippen LogP contribution in [0.5, 0.6) is 5.75 Å². The van der Waals surface area contributed by atoms with Gasteiger partial charge in [-0.1, -0.05) is 42.5 Å². The average Bonchev–Trinajstić information content (AvgIpc) is 2.64. The van der Waals surface area contributed by atoms with Crippen LogP contribution in [0.4, 0.5) is 0 Å². The molecule has 148 valence electrons. The van der Waals surface area contributed by atoms with Gasteiger partial charge in [-0.3, -0.25) is 0 Å². The van der Waals surface area contributed by atoms with E-state index in [1.54, 1.807) is 0 Å². The van der Waals surface area contributed by atoms with E-state index < -0.39 is 0 Å². The van der Waals surface area contributed by atoms with E-state index in [1.807, 2.05) is 30.3 Å². The van der Waals surface area contributed by atoms with E-state index in [-0.39, 0.29) is 24.0 Å². The minimum absolute atomic E-state index is 0. The Balaban J connectivity index is 0.00000364. The van der Waals surface area contributed by atoms with Gasteiger partial charge in [0.15, 0.2) is 5.96 Å². The molecule has 0 fully saturated rings. The van der Waals surface area contributed by atoms with Crippen LogP contribution in [0.2, 0.25) is 0 Å². The number of halogens is 1. The number of hydrogen-bond acceptors (Lipinski definition) is 3. The van der Waals surface area contributed by atoms with Crippen molar-refractivity contribution < 1.29 is 4.74 Å². The van der Waals surface area contributed by atoms with Crippen molar-refractivity contribution in [2.24, 2.45) is 4.99 Å². The van der Waals surface area contributed by atoms with Gasteiger partial charge in [0, 0.05) is 13.1 Å². The average molecular weight is 482 g/mol. The molecule has 0 spiro atoms. The van der Waals surface area contributed by atoms with E-state index in [0.717, 1.165) is 24.8 Å². The van der Waals surface area contributed by atoms with Crippen molar-refractivity contribution in [1.29, 1.82) is 0 Å². The van der Waals surface area contributed by atoms with Crippen LogP contribution in [-0.2, 0) is 13.1 Å². The summed E-state index contributed by atoms with van der Waals surface area (Å²) in [6, 6.07) is 18.4. The fraction of sp³-hybridized carbons (Fsp3) is 0.381. The third-order valence-electron chi connectivity index (χ3n) is 3.66. The Morgan fingerprint density at radius 3 is 2.44 bits per heavy atom. The van der Waals surface area contributed by atoms with E-state index in [2.05, 4.69) is 65.8 Å². The molecule has 0 aliphatic heterocycles. The summed E-state index contributed by atoms with van der Waals surface area (Å²) in [4.78, 5) is 6.84. The quantitative estimate of drug-likeness (QED) is 0.249. The Morgan fingerprint density at radius 2 is 1.74 bits per heavy atom. The zero-order valence-electron chi connectivity index (χ0n) is 16.4. The normalized spacial score (nSPS) is 11.0. The highest BCUT2D eigenvalue weighted by molar-refractivity contribution is 14.0. The van der Waals surface area contributed by atoms with Crippen LogP contribution >= 0.6 is 24.0 Å². The molecule has 2 N–H and O–H groups in total. The number of guanidine groups is 1. The molecular formula is C21H31IN4O. The van der Waals surface area contributed by atoms with Gasteiger partial charge in [-0.05, 0) is 44.3 Å². The molecule has 0 unspecified atom stereocenters. The Morgan fingerprint density at radius 1 is 1.00 bits per heavy atom. The predicted molar refractivity (Wildman–Crippen MR) is 124 cm³/mol. The van der Waals surface area contributed by atoms with Gasteiger partial charge in [0.2, 0.25) is 0 Å². The number of benzene rings is 2. The zero-order chi connectivity index (χ0) is 18.6. The van der Waals surface area contributed by atoms with Crippen molar-refractivity contribution in [2.45, 2.75) is 20.0 Å². The van der Waals surface area contributed by atoms with Gasteiger partial charge in [-0.25, -0.2) is 4.99 Å². The molecule has 0 bridgehead atoms. The van der Waals surface area contributed by atoms with Crippen molar-refractivity contribution in [1.82, 2.24) is 15.5 Å². The first-order valence-electron chi connectivity index (χ1n) is 9.10. The molecule has 0 radical (unpaired) electrons. The van der Waals surface area contributed by atoms with Gasteiger partial charge in [0.05, 0.1) is 13.1 Å². The molecule has 2 aromatic rings. The molecule has 0 heterocycles. The number of aliphatic imine (C=N–C) groups is 1. The highest BCUT2D eigenvalue weighted by atomic mass is 127. The smallest absolute Gasteiger partial charge is 0.191 e. The third-order valence-corrected chi connectivity index (χ3v) is 3.66. The number of para-hydroxylation sites is 1. The fourth-order valence-corrected chi connectivity index (χ4v) is 2.56. The molecule has 0 atom stereocenters. The first-order chi connectivity index (χ1) is 12.7. The SMILES string of the molecule is CCNC(=NCc1cccc(CN(C)C)c1)NCCOc1ccccc1.I. The van der Waals surface area contributed by atoms with Crippen LogP contribution in [0.15, 0.2) is 59.6 Å². The Labute approximate surface area is 180 Å². The second kappa shape index (κ2) is 13.4. The van der Waals surface area contributed by atoms with E-state index in [1.165, 1.54) is 11.1 Å². The molecule has 27 heavy (non-hydrogen) atoms. The van der Waals surface area contributed by atoms with Crippen LogP contribution in [0.25, 0.3) is 0 Å². The molecule has 0 aliphatic rings. The second-order valence-electron chi connectivity index (χ2n) is 6.34. The lowest BCUT2D eigenvalue weighted by atomic mass is 10.1. The van der Waals surface area contributed by atoms with Crippen LogP contribution in [-0.4, -0.2) is 44.7 Å². The molecule has 0 aromatic heterocycles. The summed E-state index contributed by atoms with van der Waals surface area (Å²) < 4.78 is 5.70. The van der Waals surface area contributed by atoms with Gasteiger partial charge in [-0.2, -0.15) is 0 Å². The number of rotatable bonds is 9. The molecule has 0 saturated carbocycles. The lowest BCUT2D eigenvalue weighted by molar-refractivity contribution is 0.322. The zero-order valence-corrected chi connectivity index (χ0v) is 18.8. The predicted octanol–water partition coefficient (Wildman–Crippen LogP) is 3.50. The maximum Gasteiger partial charge on any atom is 0.191 e. The monoisotopic (exact) mass is 482 g/mol. The summed E-state index contributed by atoms with van der Waals surface area (Å²) in [5, 5.41) is 6.59. The van der Waals surface area contributed by atoms with Gasteiger partial charge in [0.1, 0.15) is 12.4 Å². The summed E-state index contributed by atoms with van der Waals surface area (Å²) in [5.74, 6) is 1.69. The lowest BCUT2D eigenvalue weighted by Gasteiger charge is -2.13. The summed E-state index contributed by atoms with van der Waals surface area (Å²) in [5.41, 5.74) is 2.51. The third kappa shape index (κ3) is 9.63. The van der Waals surface area contributed by atoms with E-state index in [0.29, 0.717) is 19.7 Å². The largest absolute Gasteiger partial charge is 0.492 e. The Hall–Kier alpha value is -1.80. The number of nitrogens with zero attached hydrogens (tertiary/aromatic N) is 2. The standard InChI is InChI=1S/C21H30N4O.HI/c1-4-22-21(23-13-14-26-20-11-6-5-7-12-20)24-16-18-9-8-10-19(15-18)17-25(2)3;/h5-12,15H,4,13-14,16-17H2,1-3H3,(H2,22,23,24);1H. The number of ether oxygens (including phenoxy) is 1. The number of hydrogen-bond donors (Lipinski definition) is 2. The lowest BCUT2D eigenvalue weighted by Crippen LogP contribution is -2.39. The summed E-state index contributed by atoms with van der Waals surface area (Å²) >= 11 is 0. The topological polar surface area (TPSA) is 48.9 Å². The second-order valence-corrected chi connectivity index (χ2v) is 6.34. The molecular weight excluding hydrogens is 451 g/mol. The van der Waals surface area contributed by atoms with Crippen molar-refractivity contribution in [3.63, 3.8) is 0 Å². The maximum atomic E-state index is 5.70. The van der Waals surface area contributed by atoms with Crippen LogP contribution in [0.3, 0.4) is 0 Å². The van der Waals surface area contributed by atoms with E-state index in [9.17, 15) is 0 Å². The minimum atomic E-state index is 0. The van der Waals surface area contributed by atoms with Crippen molar-refractivity contribution in [3.8, 4) is 5.75 Å². The highest BCUT2D eigenvalue weighted by Crippen LogP contribution is 2.09. The molecule has 0 saturated heterocycles. The summed E-state index contributed by atoms with van der Waals surface area (Å²) in [7, 11) is 4.16. The Kier molecular flexibility index (Phi) is 11.5. The highest BCUT2D eigenvalue weighted by Gasteiger charge is 2.00. The summed E-state index contributed by atoms with van der Waals surface area (Å²) in [6.45, 7) is 5.76. The van der Waals surface area contributed by atoms with Gasteiger partial charge >= 0.3 is 0 Å².